The number of pyridine rings is 1. The molecule has 0 aliphatic carbocycles. The molecule has 2 aliphatic rings. The molecule has 1 fully saturated rings. The second-order valence-corrected chi connectivity index (χ2v) is 11.5. The van der Waals surface area contributed by atoms with Crippen LogP contribution in [-0.2, 0) is 19.1 Å². The first-order valence-electron chi connectivity index (χ1n) is 11.6. The molecule has 2 aliphatic heterocycles. The summed E-state index contributed by atoms with van der Waals surface area (Å²) in [5, 5.41) is 12.0. The molecule has 0 saturated carbocycles. The number of carbonyl (C=O) groups is 4. The zero-order valence-electron chi connectivity index (χ0n) is 20.3. The van der Waals surface area contributed by atoms with Crippen LogP contribution < -0.4 is 5.32 Å². The molecule has 200 valence electrons. The van der Waals surface area contributed by atoms with E-state index in [9.17, 15) is 24.3 Å². The Morgan fingerprint density at radius 1 is 1.21 bits per heavy atom. The first-order valence-corrected chi connectivity index (χ1v) is 14.4. The Hall–Kier alpha value is -3.75. The first-order chi connectivity index (χ1) is 18.8. The van der Waals surface area contributed by atoms with Crippen molar-refractivity contribution in [2.45, 2.75) is 28.8 Å². The van der Waals surface area contributed by atoms with E-state index in [1.807, 2.05) is 0 Å². The molecular formula is C25H21N5O6S3. The van der Waals surface area contributed by atoms with Gasteiger partial charge in [0.15, 0.2) is 4.34 Å². The largest absolute Gasteiger partial charge is 0.477 e. The van der Waals surface area contributed by atoms with Crippen molar-refractivity contribution in [2.75, 3.05) is 11.5 Å². The maximum Gasteiger partial charge on any atom is 0.358 e. The highest BCUT2D eigenvalue weighted by atomic mass is 32.2. The highest BCUT2D eigenvalue weighted by Gasteiger charge is 2.54. The van der Waals surface area contributed by atoms with E-state index < -0.39 is 41.3 Å². The van der Waals surface area contributed by atoms with Crippen molar-refractivity contribution in [3.8, 4) is 0 Å². The van der Waals surface area contributed by atoms with Crippen molar-refractivity contribution in [3.05, 3.63) is 83.1 Å². The Kier molecular flexibility index (Phi) is 7.95. The predicted octanol–water partition coefficient (Wildman–Crippen LogP) is 2.67. The van der Waals surface area contributed by atoms with Gasteiger partial charge in [-0.15, -0.1) is 11.8 Å². The van der Waals surface area contributed by atoms with Crippen molar-refractivity contribution >= 4 is 58.8 Å². The van der Waals surface area contributed by atoms with Crippen LogP contribution in [0, 0.1) is 6.92 Å². The standard InChI is InChI=1S/C25H21N5O6S3/c1-13-27-25(39-29-13)38-12-15-11-37-22-17(21(32)30(22)18(15)23(33)34)28-20(31)19(14-7-3-2-4-8-14)36-24(35)16-9-5-6-10-26-16/h2-10,17,19,22H,11-12H2,1H3,(H,28,31)(H,33,34)/t17?,19?,22-/m0/s1. The molecule has 2 N–H and O–H groups in total. The number of hydrogen-bond donors (Lipinski definition) is 2. The average molecular weight is 584 g/mol. The minimum absolute atomic E-state index is 0.0327. The van der Waals surface area contributed by atoms with Gasteiger partial charge in [0.2, 0.25) is 6.10 Å². The number of aromatic nitrogens is 3. The summed E-state index contributed by atoms with van der Waals surface area (Å²) in [5.74, 6) is -1.90. The summed E-state index contributed by atoms with van der Waals surface area (Å²) >= 11 is 3.96. The normalized spacial score (nSPS) is 19.1. The predicted molar refractivity (Wildman–Crippen MR) is 144 cm³/mol. The SMILES string of the molecule is Cc1nsc(SCC2=C(C(=O)O)N3C(=O)C(NC(=O)C(OC(=O)c4ccccn4)c4ccccc4)[C@@H]3SC2)n1. The van der Waals surface area contributed by atoms with Gasteiger partial charge in [-0.2, -0.15) is 4.37 Å². The van der Waals surface area contributed by atoms with Gasteiger partial charge in [-0.1, -0.05) is 48.2 Å². The van der Waals surface area contributed by atoms with Crippen molar-refractivity contribution in [1.82, 2.24) is 24.6 Å². The number of β-lactam (4-membered cyclic amide) rings is 1. The second kappa shape index (κ2) is 11.6. The van der Waals surface area contributed by atoms with Crippen LogP contribution in [-0.4, -0.2) is 71.0 Å². The van der Waals surface area contributed by atoms with E-state index in [1.54, 1.807) is 49.4 Å². The number of aliphatic carboxylic acids is 1. The Balaban J connectivity index is 1.31. The molecule has 0 bridgehead atoms. The molecule has 2 unspecified atom stereocenters. The van der Waals surface area contributed by atoms with Crippen LogP contribution in [0.3, 0.4) is 0 Å². The Morgan fingerprint density at radius 3 is 2.64 bits per heavy atom. The average Bonchev–Trinajstić information content (AvgIpc) is 3.38. The number of aryl methyl sites for hydroxylation is 1. The molecule has 4 heterocycles. The number of thioether (sulfide) groups is 2. The lowest BCUT2D eigenvalue weighted by Gasteiger charge is -2.49. The number of amides is 2. The summed E-state index contributed by atoms with van der Waals surface area (Å²) in [5.41, 5.74) is 0.956. The third-order valence-electron chi connectivity index (χ3n) is 5.87. The number of ether oxygens (including phenoxy) is 1. The van der Waals surface area contributed by atoms with Crippen LogP contribution in [0.1, 0.15) is 28.0 Å². The van der Waals surface area contributed by atoms with E-state index in [1.165, 1.54) is 52.2 Å². The molecule has 0 spiro atoms. The smallest absolute Gasteiger partial charge is 0.358 e. The third-order valence-corrected chi connectivity index (χ3v) is 9.22. The Morgan fingerprint density at radius 2 is 1.97 bits per heavy atom. The van der Waals surface area contributed by atoms with E-state index in [0.29, 0.717) is 32.8 Å². The number of benzene rings is 1. The summed E-state index contributed by atoms with van der Waals surface area (Å²) in [6.45, 7) is 1.78. The number of esters is 1. The molecule has 1 aromatic carbocycles. The number of carbonyl (C=O) groups excluding carboxylic acids is 3. The summed E-state index contributed by atoms with van der Waals surface area (Å²) in [4.78, 5) is 60.8. The zero-order chi connectivity index (χ0) is 27.5. The topological polar surface area (TPSA) is 152 Å². The summed E-state index contributed by atoms with van der Waals surface area (Å²) < 4.78 is 10.4. The molecule has 39 heavy (non-hydrogen) atoms. The minimum atomic E-state index is -1.34. The highest BCUT2D eigenvalue weighted by molar-refractivity contribution is 8.01. The third kappa shape index (κ3) is 5.67. The fraction of sp³-hybridized carbons (Fsp3) is 0.240. The number of nitrogens with one attached hydrogen (secondary N) is 1. The van der Waals surface area contributed by atoms with E-state index in [4.69, 9.17) is 4.74 Å². The van der Waals surface area contributed by atoms with E-state index >= 15 is 0 Å². The van der Waals surface area contributed by atoms with Gasteiger partial charge >= 0.3 is 11.9 Å². The maximum atomic E-state index is 13.3. The molecule has 2 aromatic heterocycles. The number of carboxylic acids is 1. The molecule has 2 amide bonds. The van der Waals surface area contributed by atoms with Crippen molar-refractivity contribution in [2.24, 2.45) is 0 Å². The van der Waals surface area contributed by atoms with Gasteiger partial charge in [0, 0.05) is 23.3 Å². The zero-order valence-corrected chi connectivity index (χ0v) is 22.8. The summed E-state index contributed by atoms with van der Waals surface area (Å²) in [7, 11) is 0. The molecule has 14 heteroatoms. The Labute approximate surface area is 235 Å². The van der Waals surface area contributed by atoms with Crippen LogP contribution in [0.15, 0.2) is 70.3 Å². The Bertz CT molecular complexity index is 1450. The molecule has 3 atom stereocenters. The molecule has 1 saturated heterocycles. The second-order valence-electron chi connectivity index (χ2n) is 8.46. The van der Waals surface area contributed by atoms with Gasteiger partial charge in [0.05, 0.1) is 0 Å². The van der Waals surface area contributed by atoms with Crippen LogP contribution >= 0.6 is 35.1 Å². The maximum absolute atomic E-state index is 13.3. The van der Waals surface area contributed by atoms with Crippen LogP contribution in [0.4, 0.5) is 0 Å². The van der Waals surface area contributed by atoms with E-state index in [-0.39, 0.29) is 11.4 Å². The van der Waals surface area contributed by atoms with Crippen LogP contribution in [0.5, 0.6) is 0 Å². The van der Waals surface area contributed by atoms with Crippen molar-refractivity contribution in [1.29, 1.82) is 0 Å². The molecule has 3 aromatic rings. The van der Waals surface area contributed by atoms with Gasteiger partial charge < -0.3 is 15.2 Å². The van der Waals surface area contributed by atoms with Crippen molar-refractivity contribution < 1.29 is 29.0 Å². The molecular weight excluding hydrogens is 563 g/mol. The van der Waals surface area contributed by atoms with E-state index in [2.05, 4.69) is 19.7 Å². The fourth-order valence-electron chi connectivity index (χ4n) is 4.06. The minimum Gasteiger partial charge on any atom is -0.477 e. The van der Waals surface area contributed by atoms with Crippen LogP contribution in [0.25, 0.3) is 0 Å². The lowest BCUT2D eigenvalue weighted by molar-refractivity contribution is -0.151. The highest BCUT2D eigenvalue weighted by Crippen LogP contribution is 2.42. The van der Waals surface area contributed by atoms with Gasteiger partial charge in [-0.05, 0) is 36.2 Å². The van der Waals surface area contributed by atoms with Gasteiger partial charge in [0.1, 0.15) is 28.6 Å². The lowest BCUT2D eigenvalue weighted by atomic mass is 10.0. The molecule has 5 rings (SSSR count). The fourth-order valence-corrected chi connectivity index (χ4v) is 7.19. The van der Waals surface area contributed by atoms with Crippen molar-refractivity contribution in [3.63, 3.8) is 0 Å². The van der Waals surface area contributed by atoms with Gasteiger partial charge in [-0.3, -0.25) is 14.5 Å². The lowest BCUT2D eigenvalue weighted by Crippen LogP contribution is -2.71. The summed E-state index contributed by atoms with van der Waals surface area (Å²) in [6, 6.07) is 12.2. The monoisotopic (exact) mass is 583 g/mol. The quantitative estimate of drug-likeness (QED) is 0.217. The van der Waals surface area contributed by atoms with Gasteiger partial charge in [-0.25, -0.2) is 19.6 Å². The number of nitrogens with zero attached hydrogens (tertiary/aromatic N) is 4. The van der Waals surface area contributed by atoms with Gasteiger partial charge in [0.25, 0.3) is 11.8 Å². The van der Waals surface area contributed by atoms with E-state index in [0.717, 1.165) is 0 Å². The number of carboxylic acid groups (broad SMARTS) is 1. The first kappa shape index (κ1) is 26.8. The number of fused-ring (bicyclic) bond motifs is 1. The molecule has 11 nitrogen and oxygen atoms in total. The summed E-state index contributed by atoms with van der Waals surface area (Å²) in [6.07, 6.45) is 0.0960. The number of hydrogen-bond acceptors (Lipinski definition) is 11. The van der Waals surface area contributed by atoms with Crippen LogP contribution in [0.2, 0.25) is 0 Å². The number of rotatable bonds is 9. The molecule has 0 radical (unpaired) electrons.